The van der Waals surface area contributed by atoms with Crippen LogP contribution in [-0.4, -0.2) is 60.2 Å². The first-order chi connectivity index (χ1) is 13.1. The molecule has 0 spiro atoms. The van der Waals surface area contributed by atoms with Gasteiger partial charge in [-0.05, 0) is 57.8 Å². The first-order valence-electron chi connectivity index (χ1n) is 10.3. The van der Waals surface area contributed by atoms with Gasteiger partial charge in [-0.1, -0.05) is 11.6 Å². The Morgan fingerprint density at radius 1 is 1.15 bits per heavy atom. The zero-order valence-electron chi connectivity index (χ0n) is 16.5. The summed E-state index contributed by atoms with van der Waals surface area (Å²) in [7, 11) is 0. The number of aryl methyl sites for hydroxylation is 1. The number of morpholine rings is 1. The second kappa shape index (κ2) is 8.13. The van der Waals surface area contributed by atoms with Crippen molar-refractivity contribution < 1.29 is 4.74 Å². The summed E-state index contributed by atoms with van der Waals surface area (Å²) in [5, 5.41) is 0.789. The maximum atomic E-state index is 12.5. The van der Waals surface area contributed by atoms with Crippen LogP contribution < -0.4 is 5.43 Å². The van der Waals surface area contributed by atoms with Gasteiger partial charge in [0.1, 0.15) is 0 Å². The van der Waals surface area contributed by atoms with E-state index in [1.807, 2.05) is 19.1 Å². The molecular formula is C22H31N3O2. The second-order valence-electron chi connectivity index (χ2n) is 8.21. The quantitative estimate of drug-likeness (QED) is 0.900. The SMILES string of the molecule is Cc1ccc2[nH]c(CN3CCC([C@@H](C)N4CCOCC4)CC3)cc(=O)c2c1. The van der Waals surface area contributed by atoms with Crippen LogP contribution in [0.15, 0.2) is 29.1 Å². The minimum Gasteiger partial charge on any atom is -0.379 e. The fourth-order valence-electron chi connectivity index (χ4n) is 4.62. The van der Waals surface area contributed by atoms with Crippen LogP contribution in [0.5, 0.6) is 0 Å². The number of pyridine rings is 1. The molecule has 1 aromatic carbocycles. The topological polar surface area (TPSA) is 48.6 Å². The third-order valence-electron chi connectivity index (χ3n) is 6.37. The van der Waals surface area contributed by atoms with Crippen molar-refractivity contribution in [3.8, 4) is 0 Å². The molecule has 1 aromatic heterocycles. The standard InChI is InChI=1S/C22H31N3O2/c1-16-3-4-21-20(13-16)22(26)14-19(23-21)15-24-7-5-18(6-8-24)17(2)25-9-11-27-12-10-25/h3-4,13-14,17-18H,5-12,15H2,1-2H3,(H,23,26)/t17-/m1/s1. The number of nitrogens with one attached hydrogen (secondary N) is 1. The normalized spacial score (nSPS) is 21.6. The average molecular weight is 370 g/mol. The highest BCUT2D eigenvalue weighted by molar-refractivity contribution is 5.79. The van der Waals surface area contributed by atoms with E-state index in [-0.39, 0.29) is 5.43 Å². The average Bonchev–Trinajstić information content (AvgIpc) is 2.69. The van der Waals surface area contributed by atoms with Gasteiger partial charge in [-0.25, -0.2) is 0 Å². The van der Waals surface area contributed by atoms with Gasteiger partial charge in [-0.2, -0.15) is 0 Å². The monoisotopic (exact) mass is 369 g/mol. The number of aromatic amines is 1. The van der Waals surface area contributed by atoms with Crippen LogP contribution >= 0.6 is 0 Å². The Balaban J connectivity index is 1.37. The summed E-state index contributed by atoms with van der Waals surface area (Å²) in [4.78, 5) is 21.0. The van der Waals surface area contributed by atoms with Crippen LogP contribution in [-0.2, 0) is 11.3 Å². The first kappa shape index (κ1) is 18.7. The summed E-state index contributed by atoms with van der Waals surface area (Å²) in [5.74, 6) is 0.762. The summed E-state index contributed by atoms with van der Waals surface area (Å²) in [6, 6.07) is 8.47. The lowest BCUT2D eigenvalue weighted by molar-refractivity contribution is -0.00197. The Morgan fingerprint density at radius 3 is 2.63 bits per heavy atom. The summed E-state index contributed by atoms with van der Waals surface area (Å²) >= 11 is 0. The molecule has 2 saturated heterocycles. The van der Waals surface area contributed by atoms with Gasteiger partial charge >= 0.3 is 0 Å². The van der Waals surface area contributed by atoms with E-state index in [2.05, 4.69) is 27.8 Å². The Kier molecular flexibility index (Phi) is 5.62. The molecule has 0 saturated carbocycles. The first-order valence-corrected chi connectivity index (χ1v) is 10.3. The fourth-order valence-corrected chi connectivity index (χ4v) is 4.62. The molecule has 0 bridgehead atoms. The van der Waals surface area contributed by atoms with Gasteiger partial charge in [-0.3, -0.25) is 14.6 Å². The van der Waals surface area contributed by atoms with Crippen LogP contribution in [0.4, 0.5) is 0 Å². The molecule has 2 aliphatic heterocycles. The summed E-state index contributed by atoms with van der Waals surface area (Å²) in [5.41, 5.74) is 3.21. The van der Waals surface area contributed by atoms with Gasteiger partial charge in [0.05, 0.1) is 13.2 Å². The molecule has 5 heteroatoms. The fraction of sp³-hybridized carbons (Fsp3) is 0.591. The zero-order valence-corrected chi connectivity index (χ0v) is 16.5. The van der Waals surface area contributed by atoms with E-state index in [9.17, 15) is 4.79 Å². The van der Waals surface area contributed by atoms with E-state index in [0.717, 1.165) is 74.0 Å². The van der Waals surface area contributed by atoms with Crippen LogP contribution in [0.1, 0.15) is 31.0 Å². The molecule has 3 heterocycles. The van der Waals surface area contributed by atoms with Crippen molar-refractivity contribution in [1.29, 1.82) is 0 Å². The van der Waals surface area contributed by atoms with Crippen LogP contribution in [0.2, 0.25) is 0 Å². The molecule has 2 aliphatic rings. The maximum Gasteiger partial charge on any atom is 0.189 e. The number of aromatic nitrogens is 1. The number of hydrogen-bond donors (Lipinski definition) is 1. The maximum absolute atomic E-state index is 12.5. The molecule has 0 amide bonds. The molecule has 0 aliphatic carbocycles. The lowest BCUT2D eigenvalue weighted by atomic mass is 9.89. The molecule has 1 N–H and O–H groups in total. The number of ether oxygens (including phenoxy) is 1. The van der Waals surface area contributed by atoms with Gasteiger partial charge in [0.15, 0.2) is 5.43 Å². The van der Waals surface area contributed by atoms with Gasteiger partial charge in [0.25, 0.3) is 0 Å². The van der Waals surface area contributed by atoms with Crippen molar-refractivity contribution in [3.05, 3.63) is 45.7 Å². The lowest BCUT2D eigenvalue weighted by Gasteiger charge is -2.41. The molecule has 0 radical (unpaired) electrons. The van der Waals surface area contributed by atoms with E-state index in [1.165, 1.54) is 12.8 Å². The number of rotatable bonds is 4. The van der Waals surface area contributed by atoms with E-state index in [4.69, 9.17) is 4.74 Å². The highest BCUT2D eigenvalue weighted by Crippen LogP contribution is 2.25. The molecule has 2 aromatic rings. The Bertz CT molecular complexity index is 833. The Hall–Kier alpha value is -1.69. The molecule has 146 valence electrons. The lowest BCUT2D eigenvalue weighted by Crippen LogP contribution is -2.48. The Morgan fingerprint density at radius 2 is 1.89 bits per heavy atom. The summed E-state index contributed by atoms with van der Waals surface area (Å²) in [6.07, 6.45) is 2.46. The van der Waals surface area contributed by atoms with E-state index in [1.54, 1.807) is 6.07 Å². The van der Waals surface area contributed by atoms with Crippen LogP contribution in [0, 0.1) is 12.8 Å². The van der Waals surface area contributed by atoms with Crippen molar-refractivity contribution in [2.75, 3.05) is 39.4 Å². The van der Waals surface area contributed by atoms with E-state index < -0.39 is 0 Å². The molecule has 27 heavy (non-hydrogen) atoms. The van der Waals surface area contributed by atoms with Crippen molar-refractivity contribution in [1.82, 2.24) is 14.8 Å². The predicted octanol–water partition coefficient (Wildman–Crippen LogP) is 2.77. The number of benzene rings is 1. The number of fused-ring (bicyclic) bond motifs is 1. The number of hydrogen-bond acceptors (Lipinski definition) is 4. The number of H-pyrrole nitrogens is 1. The molecule has 5 nitrogen and oxygen atoms in total. The van der Waals surface area contributed by atoms with Crippen LogP contribution in [0.3, 0.4) is 0 Å². The van der Waals surface area contributed by atoms with Crippen LogP contribution in [0.25, 0.3) is 10.9 Å². The van der Waals surface area contributed by atoms with Gasteiger partial charge in [0.2, 0.25) is 0 Å². The number of piperidine rings is 1. The summed E-state index contributed by atoms with van der Waals surface area (Å²) in [6.45, 7) is 11.3. The number of likely N-dealkylation sites (tertiary alicyclic amines) is 1. The van der Waals surface area contributed by atoms with Crippen molar-refractivity contribution >= 4 is 10.9 Å². The number of nitrogens with zero attached hydrogens (tertiary/aromatic N) is 2. The molecular weight excluding hydrogens is 338 g/mol. The molecule has 4 rings (SSSR count). The van der Waals surface area contributed by atoms with Gasteiger partial charge in [0, 0.05) is 48.3 Å². The Labute approximate surface area is 161 Å². The highest BCUT2D eigenvalue weighted by atomic mass is 16.5. The largest absolute Gasteiger partial charge is 0.379 e. The minimum absolute atomic E-state index is 0.123. The zero-order chi connectivity index (χ0) is 18.8. The van der Waals surface area contributed by atoms with Crippen molar-refractivity contribution in [2.24, 2.45) is 5.92 Å². The molecule has 2 fully saturated rings. The smallest absolute Gasteiger partial charge is 0.189 e. The van der Waals surface area contributed by atoms with Gasteiger partial charge < -0.3 is 9.72 Å². The highest BCUT2D eigenvalue weighted by Gasteiger charge is 2.28. The van der Waals surface area contributed by atoms with E-state index in [0.29, 0.717) is 6.04 Å². The molecule has 0 unspecified atom stereocenters. The van der Waals surface area contributed by atoms with Gasteiger partial charge in [-0.15, -0.1) is 0 Å². The third kappa shape index (κ3) is 4.26. The second-order valence-corrected chi connectivity index (χ2v) is 8.21. The minimum atomic E-state index is 0.123. The predicted molar refractivity (Wildman–Crippen MR) is 109 cm³/mol. The van der Waals surface area contributed by atoms with Crippen molar-refractivity contribution in [2.45, 2.75) is 39.3 Å². The third-order valence-corrected chi connectivity index (χ3v) is 6.37. The van der Waals surface area contributed by atoms with E-state index >= 15 is 0 Å². The van der Waals surface area contributed by atoms with Crippen molar-refractivity contribution in [3.63, 3.8) is 0 Å². The summed E-state index contributed by atoms with van der Waals surface area (Å²) < 4.78 is 5.49. The molecule has 1 atom stereocenters.